The number of rotatable bonds is 7. The molecule has 14 heavy (non-hydrogen) atoms. The number of hydrogen-bond acceptors (Lipinski definition) is 5. The lowest BCUT2D eigenvalue weighted by Crippen LogP contribution is -2.53. The summed E-state index contributed by atoms with van der Waals surface area (Å²) in [4.78, 5) is 13.9. The van der Waals surface area contributed by atoms with Crippen LogP contribution in [-0.4, -0.2) is 41.9 Å². The van der Waals surface area contributed by atoms with E-state index in [9.17, 15) is 4.79 Å². The second-order valence-electron chi connectivity index (χ2n) is 2.74. The third kappa shape index (κ3) is 3.00. The largest absolute Gasteiger partial charge is 0.527 e. The molecule has 1 atom stereocenters. The second kappa shape index (κ2) is 6.86. The summed E-state index contributed by atoms with van der Waals surface area (Å²) in [6.45, 7) is 1.99. The third-order valence-electron chi connectivity index (χ3n) is 2.03. The van der Waals surface area contributed by atoms with Gasteiger partial charge in [0.05, 0.1) is 0 Å². The molecule has 0 amide bonds. The van der Waals surface area contributed by atoms with E-state index in [0.29, 0.717) is 6.42 Å². The predicted molar refractivity (Wildman–Crippen MR) is 53.6 cm³/mol. The lowest BCUT2D eigenvalue weighted by Gasteiger charge is -2.28. The van der Waals surface area contributed by atoms with E-state index in [2.05, 4.69) is 4.99 Å². The summed E-state index contributed by atoms with van der Waals surface area (Å²) in [5, 5.41) is 0. The highest BCUT2D eigenvalue weighted by molar-refractivity contribution is 6.62. The van der Waals surface area contributed by atoms with Gasteiger partial charge in [0.15, 0.2) is 0 Å². The first-order valence-electron chi connectivity index (χ1n) is 4.43. The van der Waals surface area contributed by atoms with Gasteiger partial charge in [0.1, 0.15) is 5.67 Å². The molecule has 0 aliphatic carbocycles. The van der Waals surface area contributed by atoms with Crippen molar-refractivity contribution in [1.29, 1.82) is 0 Å². The van der Waals surface area contributed by atoms with Gasteiger partial charge in [0.2, 0.25) is 6.08 Å². The zero-order chi connectivity index (χ0) is 11.0. The van der Waals surface area contributed by atoms with Crippen LogP contribution in [0.25, 0.3) is 0 Å². The molecular formula is C8H17NO4Si. The van der Waals surface area contributed by atoms with Crippen molar-refractivity contribution in [2.75, 3.05) is 21.3 Å². The molecule has 0 spiro atoms. The van der Waals surface area contributed by atoms with E-state index in [4.69, 9.17) is 13.3 Å². The molecule has 0 aliphatic heterocycles. The van der Waals surface area contributed by atoms with E-state index in [1.807, 2.05) is 6.92 Å². The molecule has 1 unspecified atom stereocenters. The molecule has 0 rings (SSSR count). The molecule has 0 aromatic heterocycles. The topological polar surface area (TPSA) is 57.1 Å². The SMILES string of the molecule is CCCC(N=C=O)[Si](OC)(OC)OC. The van der Waals surface area contributed by atoms with Crippen molar-refractivity contribution < 1.29 is 18.1 Å². The Hall–Kier alpha value is -0.523. The van der Waals surface area contributed by atoms with Crippen molar-refractivity contribution in [2.45, 2.75) is 25.4 Å². The van der Waals surface area contributed by atoms with Crippen LogP contribution in [0.4, 0.5) is 0 Å². The van der Waals surface area contributed by atoms with Crippen LogP contribution in [0.2, 0.25) is 0 Å². The Kier molecular flexibility index (Phi) is 6.60. The highest BCUT2D eigenvalue weighted by atomic mass is 28.4. The predicted octanol–water partition coefficient (Wildman–Crippen LogP) is 0.908. The maximum absolute atomic E-state index is 10.2. The van der Waals surface area contributed by atoms with Crippen molar-refractivity contribution in [2.24, 2.45) is 4.99 Å². The molecule has 0 heterocycles. The summed E-state index contributed by atoms with van der Waals surface area (Å²) in [6, 6.07) is 0. The lowest BCUT2D eigenvalue weighted by molar-refractivity contribution is 0.111. The average Bonchev–Trinajstić information content (AvgIpc) is 2.22. The third-order valence-corrected chi connectivity index (χ3v) is 4.97. The van der Waals surface area contributed by atoms with Gasteiger partial charge in [-0.05, 0) is 6.42 Å². The molecule has 5 nitrogen and oxygen atoms in total. The van der Waals surface area contributed by atoms with E-state index >= 15 is 0 Å². The van der Waals surface area contributed by atoms with Crippen LogP contribution >= 0.6 is 0 Å². The lowest BCUT2D eigenvalue weighted by atomic mass is 10.3. The molecule has 6 heteroatoms. The Morgan fingerprint density at radius 1 is 1.29 bits per heavy atom. The molecule has 0 aromatic carbocycles. The van der Waals surface area contributed by atoms with Gasteiger partial charge in [-0.2, -0.15) is 4.99 Å². The van der Waals surface area contributed by atoms with Crippen molar-refractivity contribution in [3.05, 3.63) is 0 Å². The number of isocyanates is 1. The summed E-state index contributed by atoms with van der Waals surface area (Å²) in [5.41, 5.74) is -0.356. The monoisotopic (exact) mass is 219 g/mol. The van der Waals surface area contributed by atoms with Gasteiger partial charge in [0, 0.05) is 21.3 Å². The molecule has 0 fully saturated rings. The van der Waals surface area contributed by atoms with Gasteiger partial charge in [-0.1, -0.05) is 13.3 Å². The smallest absolute Gasteiger partial charge is 0.376 e. The van der Waals surface area contributed by atoms with Crippen molar-refractivity contribution in [3.63, 3.8) is 0 Å². The van der Waals surface area contributed by atoms with Gasteiger partial charge in [-0.25, -0.2) is 4.79 Å². The summed E-state index contributed by atoms with van der Waals surface area (Å²) >= 11 is 0. The minimum Gasteiger partial charge on any atom is -0.376 e. The summed E-state index contributed by atoms with van der Waals surface area (Å²) in [7, 11) is 1.69. The fourth-order valence-corrected chi connectivity index (χ4v) is 3.48. The molecule has 0 aliphatic rings. The van der Waals surface area contributed by atoms with E-state index in [1.165, 1.54) is 27.4 Å². The van der Waals surface area contributed by atoms with Crippen LogP contribution in [-0.2, 0) is 18.1 Å². The van der Waals surface area contributed by atoms with Crippen LogP contribution in [0.3, 0.4) is 0 Å². The maximum atomic E-state index is 10.2. The summed E-state index contributed by atoms with van der Waals surface area (Å²) in [5.74, 6) is 0. The first-order valence-corrected chi connectivity index (χ1v) is 6.23. The number of aliphatic imine (C=N–C) groups is 1. The average molecular weight is 219 g/mol. The Morgan fingerprint density at radius 3 is 2.07 bits per heavy atom. The van der Waals surface area contributed by atoms with E-state index < -0.39 is 8.80 Å². The second-order valence-corrected chi connectivity index (χ2v) is 5.84. The number of carbonyl (C=O) groups excluding carboxylic acids is 1. The van der Waals surface area contributed by atoms with Crippen LogP contribution in [0.1, 0.15) is 19.8 Å². The van der Waals surface area contributed by atoms with Crippen molar-refractivity contribution >= 4 is 14.9 Å². The Labute approximate surface area is 85.4 Å². The molecule has 0 aromatic rings. The van der Waals surface area contributed by atoms with Crippen LogP contribution in [0.15, 0.2) is 4.99 Å². The van der Waals surface area contributed by atoms with E-state index in [-0.39, 0.29) is 5.67 Å². The molecular weight excluding hydrogens is 202 g/mol. The fourth-order valence-electron chi connectivity index (χ4n) is 1.32. The molecule has 0 bridgehead atoms. The summed E-state index contributed by atoms with van der Waals surface area (Å²) in [6.07, 6.45) is 3.10. The molecule has 0 radical (unpaired) electrons. The highest BCUT2D eigenvalue weighted by Crippen LogP contribution is 2.18. The molecule has 0 saturated heterocycles. The normalized spacial score (nSPS) is 13.4. The Morgan fingerprint density at radius 2 is 1.79 bits per heavy atom. The standard InChI is InChI=1S/C8H17NO4Si/c1-5-6-8(9-7-10)14(11-2,12-3)13-4/h8H,5-6H2,1-4H3. The molecule has 0 N–H and O–H groups in total. The molecule has 0 saturated carbocycles. The van der Waals surface area contributed by atoms with Gasteiger partial charge in [-0.3, -0.25) is 0 Å². The fraction of sp³-hybridized carbons (Fsp3) is 0.875. The highest BCUT2D eigenvalue weighted by Gasteiger charge is 2.47. The number of nitrogens with zero attached hydrogens (tertiary/aromatic N) is 1. The maximum Gasteiger partial charge on any atom is 0.527 e. The van der Waals surface area contributed by atoms with E-state index in [1.54, 1.807) is 0 Å². The summed E-state index contributed by atoms with van der Waals surface area (Å²) < 4.78 is 15.7. The minimum absolute atomic E-state index is 0.356. The molecule has 82 valence electrons. The number of hydrogen-bond donors (Lipinski definition) is 0. The first kappa shape index (κ1) is 13.5. The van der Waals surface area contributed by atoms with Gasteiger partial charge in [-0.15, -0.1) is 0 Å². The van der Waals surface area contributed by atoms with Gasteiger partial charge < -0.3 is 13.3 Å². The zero-order valence-electron chi connectivity index (χ0n) is 9.07. The van der Waals surface area contributed by atoms with Crippen LogP contribution < -0.4 is 0 Å². The van der Waals surface area contributed by atoms with Crippen LogP contribution in [0, 0.1) is 0 Å². The van der Waals surface area contributed by atoms with E-state index in [0.717, 1.165) is 6.42 Å². The van der Waals surface area contributed by atoms with Gasteiger partial charge >= 0.3 is 8.80 Å². The Balaban J connectivity index is 4.78. The van der Waals surface area contributed by atoms with Crippen molar-refractivity contribution in [3.8, 4) is 0 Å². The zero-order valence-corrected chi connectivity index (χ0v) is 10.1. The van der Waals surface area contributed by atoms with Gasteiger partial charge in [0.25, 0.3) is 0 Å². The first-order chi connectivity index (χ1) is 6.70. The van der Waals surface area contributed by atoms with Crippen molar-refractivity contribution in [1.82, 2.24) is 0 Å². The quantitative estimate of drug-likeness (QED) is 0.363. The van der Waals surface area contributed by atoms with Crippen LogP contribution in [0.5, 0.6) is 0 Å². The Bertz CT molecular complexity index is 193. The minimum atomic E-state index is -2.82.